The van der Waals surface area contributed by atoms with E-state index in [-0.39, 0.29) is 16.5 Å². The van der Waals surface area contributed by atoms with Crippen LogP contribution in [0.4, 0.5) is 11.5 Å². The molecule has 19 heavy (non-hydrogen) atoms. The van der Waals surface area contributed by atoms with Crippen LogP contribution in [-0.4, -0.2) is 19.9 Å². The summed E-state index contributed by atoms with van der Waals surface area (Å²) in [4.78, 5) is 22.2. The molecule has 0 saturated heterocycles. The van der Waals surface area contributed by atoms with Gasteiger partial charge in [-0.1, -0.05) is 0 Å². The highest BCUT2D eigenvalue weighted by atomic mass is 79.9. The fourth-order valence-corrected chi connectivity index (χ4v) is 2.57. The average molecular weight is 343 g/mol. The van der Waals surface area contributed by atoms with Gasteiger partial charge in [0.15, 0.2) is 5.03 Å². The minimum atomic E-state index is -0.589. The second-order valence-corrected chi connectivity index (χ2v) is 5.00. The molecular formula is C9H7BrN6O2S. The number of aromatic nitrogens is 3. The molecule has 10 heteroatoms. The molecule has 0 bridgehead atoms. The number of hydrazine groups is 1. The van der Waals surface area contributed by atoms with Gasteiger partial charge in [0, 0.05) is 6.20 Å². The van der Waals surface area contributed by atoms with Crippen molar-refractivity contribution >= 4 is 39.2 Å². The predicted molar refractivity (Wildman–Crippen MR) is 72.6 cm³/mol. The van der Waals surface area contributed by atoms with E-state index in [4.69, 9.17) is 5.84 Å². The van der Waals surface area contributed by atoms with E-state index in [1.54, 1.807) is 18.3 Å². The number of halogens is 1. The van der Waals surface area contributed by atoms with Crippen LogP contribution in [0.15, 0.2) is 39.2 Å². The first-order chi connectivity index (χ1) is 9.13. The second kappa shape index (κ2) is 5.91. The SMILES string of the molecule is NNc1ncnc(Sc2ncccc2Br)c1[N+](=O)[O-]. The number of rotatable bonds is 4. The van der Waals surface area contributed by atoms with Gasteiger partial charge >= 0.3 is 5.69 Å². The summed E-state index contributed by atoms with van der Waals surface area (Å²) < 4.78 is 0.718. The van der Waals surface area contributed by atoms with Crippen molar-refractivity contribution in [2.45, 2.75) is 10.1 Å². The van der Waals surface area contributed by atoms with E-state index in [0.29, 0.717) is 5.03 Å². The van der Waals surface area contributed by atoms with Crippen molar-refractivity contribution in [2.24, 2.45) is 5.84 Å². The normalized spacial score (nSPS) is 10.2. The van der Waals surface area contributed by atoms with Crippen molar-refractivity contribution in [3.8, 4) is 0 Å². The summed E-state index contributed by atoms with van der Waals surface area (Å²) in [5.41, 5.74) is 1.89. The maximum atomic E-state index is 11.1. The maximum absolute atomic E-state index is 11.1. The summed E-state index contributed by atoms with van der Waals surface area (Å²) >= 11 is 4.37. The minimum Gasteiger partial charge on any atom is -0.303 e. The van der Waals surface area contributed by atoms with Crippen molar-refractivity contribution in [3.63, 3.8) is 0 Å². The van der Waals surface area contributed by atoms with Crippen molar-refractivity contribution in [1.29, 1.82) is 0 Å². The van der Waals surface area contributed by atoms with Gasteiger partial charge in [0.25, 0.3) is 0 Å². The van der Waals surface area contributed by atoms with E-state index < -0.39 is 4.92 Å². The van der Waals surface area contributed by atoms with Crippen LogP contribution in [0.1, 0.15) is 0 Å². The number of nitrogen functional groups attached to an aromatic ring is 1. The number of nitrogens with two attached hydrogens (primary N) is 1. The lowest BCUT2D eigenvalue weighted by molar-refractivity contribution is -0.387. The van der Waals surface area contributed by atoms with Gasteiger partial charge < -0.3 is 5.43 Å². The smallest absolute Gasteiger partial charge is 0.303 e. The monoisotopic (exact) mass is 342 g/mol. The van der Waals surface area contributed by atoms with Gasteiger partial charge in [-0.15, -0.1) is 0 Å². The largest absolute Gasteiger partial charge is 0.344 e. The Balaban J connectivity index is 2.46. The molecule has 3 N–H and O–H groups in total. The molecular weight excluding hydrogens is 336 g/mol. The molecule has 0 spiro atoms. The van der Waals surface area contributed by atoms with Crippen LogP contribution in [0.25, 0.3) is 0 Å². The van der Waals surface area contributed by atoms with Gasteiger partial charge in [-0.05, 0) is 39.8 Å². The van der Waals surface area contributed by atoms with Crippen LogP contribution < -0.4 is 11.3 Å². The molecule has 0 amide bonds. The Morgan fingerprint density at radius 3 is 2.79 bits per heavy atom. The van der Waals surface area contributed by atoms with E-state index in [2.05, 4.69) is 36.3 Å². The van der Waals surface area contributed by atoms with Gasteiger partial charge in [0.1, 0.15) is 11.4 Å². The van der Waals surface area contributed by atoms with E-state index in [1.807, 2.05) is 0 Å². The third kappa shape index (κ3) is 2.97. The summed E-state index contributed by atoms with van der Waals surface area (Å²) in [5.74, 6) is 5.16. The van der Waals surface area contributed by atoms with E-state index >= 15 is 0 Å². The van der Waals surface area contributed by atoms with Gasteiger partial charge in [0.05, 0.1) is 9.40 Å². The maximum Gasteiger partial charge on any atom is 0.344 e. The Labute approximate surface area is 120 Å². The fourth-order valence-electron chi connectivity index (χ4n) is 1.25. The number of nitrogens with zero attached hydrogens (tertiary/aromatic N) is 4. The molecule has 0 aromatic carbocycles. The Hall–Kier alpha value is -1.78. The van der Waals surface area contributed by atoms with E-state index in [0.717, 1.165) is 16.2 Å². The summed E-state index contributed by atoms with van der Waals surface area (Å²) in [6, 6.07) is 3.53. The third-order valence-corrected chi connectivity index (χ3v) is 3.94. The zero-order valence-corrected chi connectivity index (χ0v) is 11.7. The van der Waals surface area contributed by atoms with E-state index in [1.165, 1.54) is 6.33 Å². The molecule has 0 aliphatic rings. The number of pyridine rings is 1. The zero-order valence-electron chi connectivity index (χ0n) is 9.28. The minimum absolute atomic E-state index is 0.0467. The van der Waals surface area contributed by atoms with Crippen molar-refractivity contribution < 1.29 is 4.92 Å². The van der Waals surface area contributed by atoms with Crippen LogP contribution in [0.3, 0.4) is 0 Å². The molecule has 2 aromatic heterocycles. The predicted octanol–water partition coefficient (Wildman–Crippen LogP) is 1.98. The lowest BCUT2D eigenvalue weighted by Crippen LogP contribution is -2.12. The first-order valence-electron chi connectivity index (χ1n) is 4.88. The van der Waals surface area contributed by atoms with Crippen LogP contribution in [0.2, 0.25) is 0 Å². The number of anilines is 1. The molecule has 0 atom stereocenters. The number of nitro groups is 1. The molecule has 2 heterocycles. The van der Waals surface area contributed by atoms with Crippen molar-refractivity contribution in [3.05, 3.63) is 39.2 Å². The van der Waals surface area contributed by atoms with Gasteiger partial charge in [-0.25, -0.2) is 20.8 Å². The highest BCUT2D eigenvalue weighted by Gasteiger charge is 2.24. The molecule has 8 nitrogen and oxygen atoms in total. The van der Waals surface area contributed by atoms with Gasteiger partial charge in [-0.3, -0.25) is 10.1 Å². The molecule has 0 aliphatic heterocycles. The number of nitrogens with one attached hydrogen (secondary N) is 1. The topological polar surface area (TPSA) is 120 Å². The van der Waals surface area contributed by atoms with Crippen LogP contribution in [-0.2, 0) is 0 Å². The third-order valence-electron chi connectivity index (χ3n) is 2.03. The van der Waals surface area contributed by atoms with Crippen molar-refractivity contribution in [1.82, 2.24) is 15.0 Å². The molecule has 0 fully saturated rings. The zero-order chi connectivity index (χ0) is 13.8. The first-order valence-corrected chi connectivity index (χ1v) is 6.48. The average Bonchev–Trinajstić information content (AvgIpc) is 2.40. The second-order valence-electron chi connectivity index (χ2n) is 3.17. The van der Waals surface area contributed by atoms with Crippen LogP contribution in [0.5, 0.6) is 0 Å². The summed E-state index contributed by atoms with van der Waals surface area (Å²) in [7, 11) is 0. The van der Waals surface area contributed by atoms with Crippen LogP contribution in [0, 0.1) is 10.1 Å². The standard InChI is InChI=1S/C9H7BrN6O2S/c10-5-2-1-3-12-8(5)19-9-6(16(17)18)7(15-11)13-4-14-9/h1-4H,11H2,(H,13,14,15). The van der Waals surface area contributed by atoms with E-state index in [9.17, 15) is 10.1 Å². The highest BCUT2D eigenvalue weighted by Crippen LogP contribution is 2.37. The Morgan fingerprint density at radius 1 is 1.37 bits per heavy atom. The lowest BCUT2D eigenvalue weighted by atomic mass is 10.5. The summed E-state index contributed by atoms with van der Waals surface area (Å²) in [5, 5.41) is 11.8. The summed E-state index contributed by atoms with van der Waals surface area (Å²) in [6.45, 7) is 0. The molecule has 2 aromatic rings. The number of hydrogen-bond donors (Lipinski definition) is 2. The number of hydrogen-bond acceptors (Lipinski definition) is 8. The molecule has 0 aliphatic carbocycles. The van der Waals surface area contributed by atoms with Gasteiger partial charge in [0.2, 0.25) is 5.82 Å². The molecule has 0 radical (unpaired) electrons. The molecule has 0 saturated carbocycles. The quantitative estimate of drug-likeness (QED) is 0.374. The molecule has 0 unspecified atom stereocenters. The first kappa shape index (κ1) is 13.6. The lowest BCUT2D eigenvalue weighted by Gasteiger charge is -2.05. The Morgan fingerprint density at radius 2 is 2.16 bits per heavy atom. The highest BCUT2D eigenvalue weighted by molar-refractivity contribution is 9.10. The van der Waals surface area contributed by atoms with Crippen LogP contribution >= 0.6 is 27.7 Å². The Kier molecular flexibility index (Phi) is 4.24. The molecule has 2 rings (SSSR count). The Bertz CT molecular complexity index is 625. The summed E-state index contributed by atoms with van der Waals surface area (Å²) in [6.07, 6.45) is 2.78. The van der Waals surface area contributed by atoms with Crippen molar-refractivity contribution in [2.75, 3.05) is 5.43 Å². The molecule has 98 valence electrons. The van der Waals surface area contributed by atoms with Gasteiger partial charge in [-0.2, -0.15) is 0 Å². The fraction of sp³-hybridized carbons (Fsp3) is 0.